The molecule has 0 bridgehead atoms. The van der Waals surface area contributed by atoms with Crippen LogP contribution in [0.4, 0.5) is 10.5 Å². The van der Waals surface area contributed by atoms with Gasteiger partial charge in [0.05, 0.1) is 11.6 Å². The van der Waals surface area contributed by atoms with E-state index in [1.807, 2.05) is 43.3 Å². The topological polar surface area (TPSA) is 70.7 Å². The fourth-order valence-electron chi connectivity index (χ4n) is 2.59. The molecule has 0 spiro atoms. The molecule has 0 aliphatic carbocycles. The van der Waals surface area contributed by atoms with Crippen LogP contribution in [-0.2, 0) is 9.53 Å². The zero-order valence-corrected chi connectivity index (χ0v) is 15.9. The minimum atomic E-state index is -0.517. The summed E-state index contributed by atoms with van der Waals surface area (Å²) in [4.78, 5) is 26.4. The highest BCUT2D eigenvalue weighted by Crippen LogP contribution is 2.28. The summed E-state index contributed by atoms with van der Waals surface area (Å²) < 4.78 is 5.39. The monoisotopic (exact) mass is 363 g/mol. The van der Waals surface area contributed by atoms with E-state index in [9.17, 15) is 9.59 Å². The number of allylic oxidation sites excluding steroid dienone is 1. The van der Waals surface area contributed by atoms with Gasteiger partial charge in [0.1, 0.15) is 6.61 Å². The van der Waals surface area contributed by atoms with Crippen LogP contribution in [0.25, 0.3) is 0 Å². The summed E-state index contributed by atoms with van der Waals surface area (Å²) >= 11 is 1.72. The second-order valence-electron chi connectivity index (χ2n) is 5.89. The van der Waals surface area contributed by atoms with Gasteiger partial charge in [-0.05, 0) is 30.4 Å². The number of carbonyl (C=O) groups is 2. The molecule has 1 aromatic carbocycles. The molecule has 2 amide bonds. The molecule has 1 heterocycles. The predicted octanol–water partition coefficient (Wildman–Crippen LogP) is 2.68. The van der Waals surface area contributed by atoms with Gasteiger partial charge in [0.2, 0.25) is 0 Å². The smallest absolute Gasteiger partial charge is 0.338 e. The molecule has 1 aromatic rings. The standard InChI is InChI=1S/C18H25N3O3S/c1-5-25-11-10-24-17(22)15-12(2)19-18(23)20-16(15)13-6-8-14(9-7-13)21(3)4/h6-9,16H,5,10-11H2,1-4H3,(H2,19,20,23). The predicted molar refractivity (Wildman–Crippen MR) is 102 cm³/mol. The van der Waals surface area contributed by atoms with Crippen LogP contribution < -0.4 is 15.5 Å². The Hall–Kier alpha value is -2.15. The average Bonchev–Trinajstić information content (AvgIpc) is 2.58. The zero-order valence-electron chi connectivity index (χ0n) is 15.1. The maximum Gasteiger partial charge on any atom is 0.338 e. The van der Waals surface area contributed by atoms with Gasteiger partial charge in [-0.15, -0.1) is 0 Å². The molecule has 25 heavy (non-hydrogen) atoms. The van der Waals surface area contributed by atoms with Gasteiger partial charge >= 0.3 is 12.0 Å². The number of hydrogen-bond donors (Lipinski definition) is 2. The van der Waals surface area contributed by atoms with Crippen LogP contribution in [0, 0.1) is 0 Å². The highest BCUT2D eigenvalue weighted by Gasteiger charge is 2.32. The van der Waals surface area contributed by atoms with Gasteiger partial charge in [-0.25, -0.2) is 9.59 Å². The Balaban J connectivity index is 2.22. The Bertz CT molecular complexity index is 656. The Kier molecular flexibility index (Phi) is 6.75. The number of nitrogens with one attached hydrogen (secondary N) is 2. The molecular weight excluding hydrogens is 338 g/mol. The number of thioether (sulfide) groups is 1. The Morgan fingerprint density at radius 3 is 2.56 bits per heavy atom. The summed E-state index contributed by atoms with van der Waals surface area (Å²) in [5.74, 6) is 1.34. The van der Waals surface area contributed by atoms with Crippen LogP contribution in [0.3, 0.4) is 0 Å². The molecule has 0 fully saturated rings. The van der Waals surface area contributed by atoms with Crippen LogP contribution in [0.2, 0.25) is 0 Å². The van der Waals surface area contributed by atoms with E-state index in [1.165, 1.54) is 0 Å². The van der Waals surface area contributed by atoms with Crippen molar-refractivity contribution in [2.45, 2.75) is 19.9 Å². The average molecular weight is 363 g/mol. The van der Waals surface area contributed by atoms with Crippen molar-refractivity contribution in [3.05, 3.63) is 41.1 Å². The lowest BCUT2D eigenvalue weighted by molar-refractivity contribution is -0.138. The summed E-state index contributed by atoms with van der Waals surface area (Å²) in [7, 11) is 3.92. The minimum absolute atomic E-state index is 0.322. The van der Waals surface area contributed by atoms with E-state index in [4.69, 9.17) is 4.74 Å². The van der Waals surface area contributed by atoms with Crippen molar-refractivity contribution in [2.24, 2.45) is 0 Å². The van der Waals surface area contributed by atoms with E-state index in [1.54, 1.807) is 18.7 Å². The van der Waals surface area contributed by atoms with Gasteiger partial charge in [-0.2, -0.15) is 11.8 Å². The lowest BCUT2D eigenvalue weighted by Crippen LogP contribution is -2.45. The van der Waals surface area contributed by atoms with E-state index >= 15 is 0 Å². The first-order valence-electron chi connectivity index (χ1n) is 8.24. The normalized spacial score (nSPS) is 17.0. The number of nitrogens with zero attached hydrogens (tertiary/aromatic N) is 1. The van der Waals surface area contributed by atoms with Crippen molar-refractivity contribution in [1.82, 2.24) is 10.6 Å². The summed E-state index contributed by atoms with van der Waals surface area (Å²) in [6.07, 6.45) is 0. The van der Waals surface area contributed by atoms with Crippen molar-refractivity contribution in [3.8, 4) is 0 Å². The molecule has 1 atom stereocenters. The van der Waals surface area contributed by atoms with Crippen LogP contribution in [0.5, 0.6) is 0 Å². The molecule has 1 aliphatic heterocycles. The van der Waals surface area contributed by atoms with Gasteiger partial charge in [0.15, 0.2) is 0 Å². The molecule has 1 unspecified atom stereocenters. The highest BCUT2D eigenvalue weighted by molar-refractivity contribution is 7.99. The largest absolute Gasteiger partial charge is 0.461 e. The van der Waals surface area contributed by atoms with Gasteiger partial charge in [-0.3, -0.25) is 0 Å². The quantitative estimate of drug-likeness (QED) is 0.576. The lowest BCUT2D eigenvalue weighted by Gasteiger charge is -2.28. The lowest BCUT2D eigenvalue weighted by atomic mass is 9.95. The summed E-state index contributed by atoms with van der Waals surface area (Å²) in [5.41, 5.74) is 2.86. The number of esters is 1. The third kappa shape index (κ3) is 4.92. The minimum Gasteiger partial charge on any atom is -0.461 e. The third-order valence-corrected chi connectivity index (χ3v) is 4.76. The maximum atomic E-state index is 12.5. The fourth-order valence-corrected chi connectivity index (χ4v) is 3.08. The van der Waals surface area contributed by atoms with Gasteiger partial charge in [-0.1, -0.05) is 19.1 Å². The Morgan fingerprint density at radius 2 is 1.96 bits per heavy atom. The second-order valence-corrected chi connectivity index (χ2v) is 7.28. The van der Waals surface area contributed by atoms with Crippen LogP contribution in [0.1, 0.15) is 25.5 Å². The van der Waals surface area contributed by atoms with E-state index in [-0.39, 0.29) is 6.03 Å². The van der Waals surface area contributed by atoms with Gasteiger partial charge in [0, 0.05) is 31.2 Å². The molecule has 6 nitrogen and oxygen atoms in total. The summed E-state index contributed by atoms with van der Waals surface area (Å²) in [6.45, 7) is 4.14. The molecule has 0 saturated heterocycles. The van der Waals surface area contributed by atoms with E-state index in [0.29, 0.717) is 17.9 Å². The summed E-state index contributed by atoms with van der Waals surface area (Å²) in [5, 5.41) is 5.47. The number of benzene rings is 1. The molecule has 136 valence electrons. The van der Waals surface area contributed by atoms with Crippen molar-refractivity contribution < 1.29 is 14.3 Å². The second kappa shape index (κ2) is 8.80. The molecule has 2 rings (SSSR count). The van der Waals surface area contributed by atoms with E-state index in [0.717, 1.165) is 22.8 Å². The van der Waals surface area contributed by atoms with Crippen molar-refractivity contribution >= 4 is 29.4 Å². The first-order chi connectivity index (χ1) is 11.9. The highest BCUT2D eigenvalue weighted by atomic mass is 32.2. The molecule has 0 radical (unpaired) electrons. The number of amides is 2. The molecule has 2 N–H and O–H groups in total. The van der Waals surface area contributed by atoms with Crippen LogP contribution in [0.15, 0.2) is 35.5 Å². The van der Waals surface area contributed by atoms with Gasteiger partial charge in [0.25, 0.3) is 0 Å². The van der Waals surface area contributed by atoms with Crippen molar-refractivity contribution in [3.63, 3.8) is 0 Å². The molecular formula is C18H25N3O3S. The first kappa shape index (κ1) is 19.2. The number of ether oxygens (including phenoxy) is 1. The first-order valence-corrected chi connectivity index (χ1v) is 9.40. The summed E-state index contributed by atoms with van der Waals surface area (Å²) in [6, 6.07) is 6.91. The SMILES string of the molecule is CCSCCOC(=O)C1=C(C)NC(=O)NC1c1ccc(N(C)C)cc1. The molecule has 0 saturated carbocycles. The van der Waals surface area contributed by atoms with E-state index < -0.39 is 12.0 Å². The zero-order chi connectivity index (χ0) is 18.4. The van der Waals surface area contributed by atoms with Gasteiger partial charge < -0.3 is 20.3 Å². The van der Waals surface area contributed by atoms with Crippen LogP contribution in [-0.4, -0.2) is 44.2 Å². The fraction of sp³-hybridized carbons (Fsp3) is 0.444. The van der Waals surface area contributed by atoms with E-state index in [2.05, 4.69) is 17.6 Å². The van der Waals surface area contributed by atoms with Crippen molar-refractivity contribution in [2.75, 3.05) is 37.1 Å². The van der Waals surface area contributed by atoms with Crippen LogP contribution >= 0.6 is 11.8 Å². The number of rotatable bonds is 7. The third-order valence-electron chi connectivity index (χ3n) is 3.90. The Labute approximate surface area is 153 Å². The molecule has 7 heteroatoms. The van der Waals surface area contributed by atoms with Crippen molar-refractivity contribution in [1.29, 1.82) is 0 Å². The molecule has 1 aliphatic rings. The maximum absolute atomic E-state index is 12.5. The number of anilines is 1. The molecule has 0 aromatic heterocycles. The number of hydrogen-bond acceptors (Lipinski definition) is 5. The Morgan fingerprint density at radius 1 is 1.28 bits per heavy atom. The number of carbonyl (C=O) groups excluding carboxylic acids is 2. The number of urea groups is 1.